The molecule has 0 spiro atoms. The summed E-state index contributed by atoms with van der Waals surface area (Å²) in [5.74, 6) is 0.279. The van der Waals surface area contributed by atoms with Crippen molar-refractivity contribution in [1.82, 2.24) is 4.98 Å². The minimum absolute atomic E-state index is 0.279. The number of nitrogens with zero attached hydrogens (tertiary/aromatic N) is 1. The molecule has 0 amide bonds. The predicted molar refractivity (Wildman–Crippen MR) is 65.7 cm³/mol. The number of pyridine rings is 1. The van der Waals surface area contributed by atoms with Gasteiger partial charge in [0, 0.05) is 10.8 Å². The highest BCUT2D eigenvalue weighted by Gasteiger charge is 2.02. The van der Waals surface area contributed by atoms with E-state index < -0.39 is 0 Å². The van der Waals surface area contributed by atoms with Crippen LogP contribution in [0.2, 0.25) is 0 Å². The number of phenols is 1. The Balaban J connectivity index is 2.49. The van der Waals surface area contributed by atoms with Crippen LogP contribution in [0, 0.1) is 6.92 Å². The normalized spacial score (nSPS) is 11.1. The minimum Gasteiger partial charge on any atom is -0.508 e. The van der Waals surface area contributed by atoms with E-state index in [4.69, 9.17) is 0 Å². The molecule has 1 N–H and O–H groups in total. The Labute approximate surface area is 93.2 Å². The number of para-hydroxylation sites is 1. The molecule has 16 heavy (non-hydrogen) atoms. The summed E-state index contributed by atoms with van der Waals surface area (Å²) >= 11 is 0. The van der Waals surface area contributed by atoms with Crippen molar-refractivity contribution in [2.45, 2.75) is 6.92 Å². The SMILES string of the molecule is Cc1cccc2cc3cc(O)ccc3nc12. The summed E-state index contributed by atoms with van der Waals surface area (Å²) in [6.07, 6.45) is 0. The van der Waals surface area contributed by atoms with E-state index in [1.807, 2.05) is 18.2 Å². The average Bonchev–Trinajstić information content (AvgIpc) is 2.27. The number of aromatic nitrogens is 1. The first kappa shape index (κ1) is 9.16. The van der Waals surface area contributed by atoms with Crippen molar-refractivity contribution in [2.75, 3.05) is 0 Å². The van der Waals surface area contributed by atoms with E-state index >= 15 is 0 Å². The van der Waals surface area contributed by atoms with Crippen LogP contribution >= 0.6 is 0 Å². The predicted octanol–water partition coefficient (Wildman–Crippen LogP) is 3.40. The van der Waals surface area contributed by atoms with E-state index in [2.05, 4.69) is 24.0 Å². The summed E-state index contributed by atoms with van der Waals surface area (Å²) in [6.45, 7) is 2.06. The molecule has 0 aliphatic carbocycles. The topological polar surface area (TPSA) is 33.1 Å². The van der Waals surface area contributed by atoms with Gasteiger partial charge in [-0.3, -0.25) is 0 Å². The summed E-state index contributed by atoms with van der Waals surface area (Å²) in [6, 6.07) is 13.4. The Bertz CT molecular complexity index is 688. The van der Waals surface area contributed by atoms with Crippen LogP contribution in [0.15, 0.2) is 42.5 Å². The summed E-state index contributed by atoms with van der Waals surface area (Å²) in [5, 5.41) is 11.5. The lowest BCUT2D eigenvalue weighted by Gasteiger charge is -2.04. The first-order chi connectivity index (χ1) is 7.74. The molecule has 0 fully saturated rings. The van der Waals surface area contributed by atoms with Gasteiger partial charge in [0.1, 0.15) is 5.75 Å². The number of hydrogen-bond donors (Lipinski definition) is 1. The van der Waals surface area contributed by atoms with Gasteiger partial charge in [0.15, 0.2) is 0 Å². The standard InChI is InChI=1S/C14H11NO/c1-9-3-2-4-10-7-11-8-12(16)5-6-13(11)15-14(9)10/h2-8,16H,1H3. The lowest BCUT2D eigenvalue weighted by molar-refractivity contribution is 0.476. The van der Waals surface area contributed by atoms with E-state index in [0.717, 1.165) is 21.8 Å². The molecule has 1 heterocycles. The lowest BCUT2D eigenvalue weighted by atomic mass is 10.1. The monoisotopic (exact) mass is 209 g/mol. The van der Waals surface area contributed by atoms with Gasteiger partial charge < -0.3 is 5.11 Å². The van der Waals surface area contributed by atoms with Crippen molar-refractivity contribution in [3.05, 3.63) is 48.0 Å². The van der Waals surface area contributed by atoms with Crippen LogP contribution in [0.4, 0.5) is 0 Å². The van der Waals surface area contributed by atoms with Gasteiger partial charge in [0.25, 0.3) is 0 Å². The molecule has 3 rings (SSSR count). The molecule has 0 radical (unpaired) electrons. The molecule has 2 aromatic carbocycles. The average molecular weight is 209 g/mol. The van der Waals surface area contributed by atoms with E-state index in [-0.39, 0.29) is 5.75 Å². The molecular weight excluding hydrogens is 198 g/mol. The smallest absolute Gasteiger partial charge is 0.116 e. The van der Waals surface area contributed by atoms with Gasteiger partial charge in [-0.05, 0) is 36.8 Å². The van der Waals surface area contributed by atoms with Crippen LogP contribution in [0.3, 0.4) is 0 Å². The fraction of sp³-hybridized carbons (Fsp3) is 0.0714. The van der Waals surface area contributed by atoms with E-state index in [9.17, 15) is 5.11 Å². The molecule has 2 nitrogen and oxygen atoms in total. The largest absolute Gasteiger partial charge is 0.508 e. The summed E-state index contributed by atoms with van der Waals surface area (Å²) < 4.78 is 0. The van der Waals surface area contributed by atoms with Crippen LogP contribution in [0.1, 0.15) is 5.56 Å². The summed E-state index contributed by atoms with van der Waals surface area (Å²) in [7, 11) is 0. The first-order valence-electron chi connectivity index (χ1n) is 5.23. The van der Waals surface area contributed by atoms with Gasteiger partial charge in [-0.25, -0.2) is 4.98 Å². The summed E-state index contributed by atoms with van der Waals surface area (Å²) in [5.41, 5.74) is 3.12. The Hall–Kier alpha value is -2.09. The highest BCUT2D eigenvalue weighted by atomic mass is 16.3. The molecule has 1 aromatic heterocycles. The number of rotatable bonds is 0. The highest BCUT2D eigenvalue weighted by Crippen LogP contribution is 2.24. The fourth-order valence-corrected chi connectivity index (χ4v) is 2.00. The maximum Gasteiger partial charge on any atom is 0.116 e. The Morgan fingerprint density at radius 1 is 1.00 bits per heavy atom. The molecule has 0 aliphatic heterocycles. The van der Waals surface area contributed by atoms with Gasteiger partial charge >= 0.3 is 0 Å². The minimum atomic E-state index is 0.279. The quantitative estimate of drug-likeness (QED) is 0.575. The maximum atomic E-state index is 9.43. The van der Waals surface area contributed by atoms with Gasteiger partial charge in [-0.2, -0.15) is 0 Å². The third-order valence-electron chi connectivity index (χ3n) is 2.82. The second-order valence-electron chi connectivity index (χ2n) is 4.01. The van der Waals surface area contributed by atoms with E-state index in [0.29, 0.717) is 0 Å². The van der Waals surface area contributed by atoms with Gasteiger partial charge in [0.2, 0.25) is 0 Å². The first-order valence-corrected chi connectivity index (χ1v) is 5.23. The van der Waals surface area contributed by atoms with Crippen molar-refractivity contribution >= 4 is 21.8 Å². The number of benzene rings is 2. The Morgan fingerprint density at radius 2 is 1.88 bits per heavy atom. The molecule has 3 aromatic rings. The second-order valence-corrected chi connectivity index (χ2v) is 4.01. The maximum absolute atomic E-state index is 9.43. The van der Waals surface area contributed by atoms with Crippen molar-refractivity contribution in [2.24, 2.45) is 0 Å². The molecule has 2 heteroatoms. The van der Waals surface area contributed by atoms with E-state index in [1.165, 1.54) is 5.56 Å². The molecule has 78 valence electrons. The molecule has 0 bridgehead atoms. The Morgan fingerprint density at radius 3 is 2.75 bits per heavy atom. The molecule has 0 saturated heterocycles. The second kappa shape index (κ2) is 3.20. The van der Waals surface area contributed by atoms with E-state index in [1.54, 1.807) is 12.1 Å². The third kappa shape index (κ3) is 1.31. The lowest BCUT2D eigenvalue weighted by Crippen LogP contribution is -1.85. The van der Waals surface area contributed by atoms with Crippen LogP contribution in [-0.2, 0) is 0 Å². The van der Waals surface area contributed by atoms with Crippen molar-refractivity contribution in [3.8, 4) is 5.75 Å². The van der Waals surface area contributed by atoms with Crippen LogP contribution in [0.5, 0.6) is 5.75 Å². The van der Waals surface area contributed by atoms with Gasteiger partial charge in [0.05, 0.1) is 11.0 Å². The fourth-order valence-electron chi connectivity index (χ4n) is 2.00. The number of aromatic hydroxyl groups is 1. The zero-order valence-corrected chi connectivity index (χ0v) is 8.94. The number of hydrogen-bond acceptors (Lipinski definition) is 2. The summed E-state index contributed by atoms with van der Waals surface area (Å²) in [4.78, 5) is 4.61. The zero-order chi connectivity index (χ0) is 11.1. The van der Waals surface area contributed by atoms with Crippen molar-refractivity contribution < 1.29 is 5.11 Å². The molecular formula is C14H11NO. The van der Waals surface area contributed by atoms with Gasteiger partial charge in [-0.15, -0.1) is 0 Å². The molecule has 0 unspecified atom stereocenters. The highest BCUT2D eigenvalue weighted by molar-refractivity contribution is 5.94. The number of fused-ring (bicyclic) bond motifs is 2. The van der Waals surface area contributed by atoms with Crippen LogP contribution in [-0.4, -0.2) is 10.1 Å². The number of phenolic OH excluding ortho intramolecular Hbond substituents is 1. The van der Waals surface area contributed by atoms with Crippen LogP contribution in [0.25, 0.3) is 21.8 Å². The number of aryl methyl sites for hydroxylation is 1. The molecule has 0 saturated carbocycles. The van der Waals surface area contributed by atoms with Crippen molar-refractivity contribution in [3.63, 3.8) is 0 Å². The Kier molecular flexibility index (Phi) is 1.83. The van der Waals surface area contributed by atoms with Crippen molar-refractivity contribution in [1.29, 1.82) is 0 Å². The van der Waals surface area contributed by atoms with Crippen LogP contribution < -0.4 is 0 Å². The third-order valence-corrected chi connectivity index (χ3v) is 2.82. The molecule has 0 atom stereocenters. The molecule has 0 aliphatic rings. The van der Waals surface area contributed by atoms with Gasteiger partial charge in [-0.1, -0.05) is 18.2 Å². The zero-order valence-electron chi connectivity index (χ0n) is 8.94.